The van der Waals surface area contributed by atoms with Crippen molar-refractivity contribution in [3.63, 3.8) is 0 Å². The maximum absolute atomic E-state index is 10.9. The lowest BCUT2D eigenvalue weighted by Gasteiger charge is -1.99. The largest absolute Gasteiger partial charge is 0.478 e. The van der Waals surface area contributed by atoms with Gasteiger partial charge in [-0.15, -0.1) is 0 Å². The third-order valence-electron chi connectivity index (χ3n) is 1.56. The van der Waals surface area contributed by atoms with E-state index in [1.807, 2.05) is 0 Å². The molecule has 1 heterocycles. The number of halogens is 1. The second-order valence-corrected chi connectivity index (χ2v) is 2.64. The van der Waals surface area contributed by atoms with E-state index < -0.39 is 11.2 Å². The molecule has 1 aromatic heterocycles. The van der Waals surface area contributed by atoms with E-state index in [-0.39, 0.29) is 11.3 Å². The number of carbonyl (C=O) groups excluding carboxylic acids is 1. The Morgan fingerprint density at radius 2 is 2.31 bits per heavy atom. The molecule has 0 spiro atoms. The van der Waals surface area contributed by atoms with Crippen molar-refractivity contribution in [2.75, 3.05) is 0 Å². The van der Waals surface area contributed by atoms with Crippen LogP contribution in [0.15, 0.2) is 6.20 Å². The monoisotopic (exact) mass is 202 g/mol. The van der Waals surface area contributed by atoms with Crippen molar-refractivity contribution in [3.05, 3.63) is 17.5 Å². The van der Waals surface area contributed by atoms with Crippen LogP contribution in [0.1, 0.15) is 27.8 Å². The molecule has 0 aromatic carbocycles. The Bertz CT molecular complexity index is 359. The number of aromatic nitrogens is 2. The van der Waals surface area contributed by atoms with Crippen LogP contribution >= 0.6 is 11.6 Å². The summed E-state index contributed by atoms with van der Waals surface area (Å²) in [5, 5.41) is 11.6. The quantitative estimate of drug-likeness (QED) is 0.742. The fourth-order valence-corrected chi connectivity index (χ4v) is 1.19. The van der Waals surface area contributed by atoms with E-state index in [2.05, 4.69) is 5.10 Å². The van der Waals surface area contributed by atoms with Gasteiger partial charge in [-0.2, -0.15) is 5.10 Å². The van der Waals surface area contributed by atoms with Crippen LogP contribution in [0.2, 0.25) is 0 Å². The molecule has 0 fully saturated rings. The molecule has 0 atom stereocenters. The third kappa shape index (κ3) is 1.70. The van der Waals surface area contributed by atoms with E-state index >= 15 is 0 Å². The van der Waals surface area contributed by atoms with Gasteiger partial charge in [0.05, 0.1) is 6.20 Å². The molecule has 0 saturated heterocycles. The maximum atomic E-state index is 10.9. The molecule has 1 rings (SSSR count). The van der Waals surface area contributed by atoms with E-state index in [0.29, 0.717) is 6.54 Å². The third-order valence-corrected chi connectivity index (χ3v) is 1.73. The van der Waals surface area contributed by atoms with E-state index in [1.54, 1.807) is 6.92 Å². The zero-order chi connectivity index (χ0) is 10.0. The number of aromatic carboxylic acids is 1. The Kier molecular flexibility index (Phi) is 2.67. The zero-order valence-corrected chi connectivity index (χ0v) is 7.58. The summed E-state index contributed by atoms with van der Waals surface area (Å²) in [7, 11) is 0. The van der Waals surface area contributed by atoms with Gasteiger partial charge in [-0.05, 0) is 18.5 Å². The minimum Gasteiger partial charge on any atom is -0.478 e. The second kappa shape index (κ2) is 3.57. The molecule has 0 unspecified atom stereocenters. The summed E-state index contributed by atoms with van der Waals surface area (Å²) < 4.78 is 1.25. The Balaban J connectivity index is 3.30. The number of carbonyl (C=O) groups is 2. The van der Waals surface area contributed by atoms with E-state index in [1.165, 1.54) is 4.68 Å². The van der Waals surface area contributed by atoms with Crippen molar-refractivity contribution in [3.8, 4) is 0 Å². The van der Waals surface area contributed by atoms with Crippen molar-refractivity contribution in [2.24, 2.45) is 0 Å². The molecule has 0 aliphatic carbocycles. The molecular formula is C7H7ClN2O3. The molecule has 0 amide bonds. The van der Waals surface area contributed by atoms with Crippen LogP contribution in [-0.2, 0) is 6.54 Å². The highest BCUT2D eigenvalue weighted by Gasteiger charge is 2.20. The first-order valence-electron chi connectivity index (χ1n) is 3.56. The lowest BCUT2D eigenvalue weighted by molar-refractivity contribution is 0.0693. The highest BCUT2D eigenvalue weighted by Crippen LogP contribution is 2.11. The van der Waals surface area contributed by atoms with Crippen LogP contribution in [0.25, 0.3) is 0 Å². The SMILES string of the molecule is CCn1ncc(C(=O)O)c1C(=O)Cl. The minimum absolute atomic E-state index is 0.0725. The summed E-state index contributed by atoms with van der Waals surface area (Å²) in [6.45, 7) is 2.14. The topological polar surface area (TPSA) is 72.2 Å². The fourth-order valence-electron chi connectivity index (χ4n) is 0.989. The summed E-state index contributed by atoms with van der Waals surface area (Å²) in [5.41, 5.74) is -0.237. The van der Waals surface area contributed by atoms with Gasteiger partial charge in [0.15, 0.2) is 0 Å². The first-order chi connectivity index (χ1) is 6.07. The summed E-state index contributed by atoms with van der Waals surface area (Å²) in [6, 6.07) is 0. The summed E-state index contributed by atoms with van der Waals surface area (Å²) in [6.07, 6.45) is 1.11. The molecule has 0 aliphatic heterocycles. The first-order valence-corrected chi connectivity index (χ1v) is 3.94. The van der Waals surface area contributed by atoms with Gasteiger partial charge >= 0.3 is 5.97 Å². The maximum Gasteiger partial charge on any atom is 0.339 e. The van der Waals surface area contributed by atoms with E-state index in [9.17, 15) is 9.59 Å². The number of rotatable bonds is 3. The van der Waals surface area contributed by atoms with Crippen molar-refractivity contribution >= 4 is 22.8 Å². The van der Waals surface area contributed by atoms with Gasteiger partial charge in [-0.1, -0.05) is 0 Å². The molecule has 5 nitrogen and oxygen atoms in total. The zero-order valence-electron chi connectivity index (χ0n) is 6.82. The van der Waals surface area contributed by atoms with Crippen LogP contribution in [0.3, 0.4) is 0 Å². The lowest BCUT2D eigenvalue weighted by Crippen LogP contribution is -2.09. The predicted octanol–water partition coefficient (Wildman–Crippen LogP) is 0.980. The second-order valence-electron chi connectivity index (χ2n) is 2.30. The molecule has 1 N–H and O–H groups in total. The van der Waals surface area contributed by atoms with Crippen LogP contribution in [0.5, 0.6) is 0 Å². The van der Waals surface area contributed by atoms with Gasteiger partial charge in [-0.25, -0.2) is 4.79 Å². The van der Waals surface area contributed by atoms with Crippen LogP contribution in [0.4, 0.5) is 0 Å². The predicted molar refractivity (Wildman–Crippen MR) is 45.0 cm³/mol. The van der Waals surface area contributed by atoms with E-state index in [4.69, 9.17) is 16.7 Å². The average Bonchev–Trinajstić information content (AvgIpc) is 2.46. The molecule has 6 heteroatoms. The van der Waals surface area contributed by atoms with Gasteiger partial charge < -0.3 is 5.11 Å². The molecule has 70 valence electrons. The molecule has 1 aromatic rings. The molecular weight excluding hydrogens is 196 g/mol. The van der Waals surface area contributed by atoms with Crippen molar-refractivity contribution in [2.45, 2.75) is 13.5 Å². The van der Waals surface area contributed by atoms with Crippen molar-refractivity contribution < 1.29 is 14.7 Å². The van der Waals surface area contributed by atoms with Gasteiger partial charge in [0.1, 0.15) is 11.3 Å². The van der Waals surface area contributed by atoms with E-state index in [0.717, 1.165) is 6.20 Å². The van der Waals surface area contributed by atoms with Gasteiger partial charge in [0.25, 0.3) is 5.24 Å². The summed E-state index contributed by atoms with van der Waals surface area (Å²) >= 11 is 5.21. The lowest BCUT2D eigenvalue weighted by atomic mass is 10.2. The number of nitrogens with zero attached hydrogens (tertiary/aromatic N) is 2. The normalized spacial score (nSPS) is 10.0. The van der Waals surface area contributed by atoms with Crippen LogP contribution in [-0.4, -0.2) is 26.1 Å². The van der Waals surface area contributed by atoms with Crippen LogP contribution in [0, 0.1) is 0 Å². The number of aryl methyl sites for hydroxylation is 1. The average molecular weight is 203 g/mol. The Labute approximate surface area is 78.9 Å². The molecule has 0 bridgehead atoms. The van der Waals surface area contributed by atoms with Gasteiger partial charge in [0, 0.05) is 6.54 Å². The standard InChI is InChI=1S/C7H7ClN2O3/c1-2-10-5(6(8)11)4(3-9-10)7(12)13/h3H,2H2,1H3,(H,12,13). The van der Waals surface area contributed by atoms with Gasteiger partial charge in [0.2, 0.25) is 0 Å². The number of hydrogen-bond acceptors (Lipinski definition) is 3. The molecule has 0 aliphatic rings. The number of carboxylic acid groups (broad SMARTS) is 1. The number of hydrogen-bond donors (Lipinski definition) is 1. The van der Waals surface area contributed by atoms with Crippen molar-refractivity contribution in [1.29, 1.82) is 0 Å². The minimum atomic E-state index is -1.20. The molecule has 0 saturated carbocycles. The summed E-state index contributed by atoms with van der Waals surface area (Å²) in [5.74, 6) is -1.20. The Morgan fingerprint density at radius 3 is 2.69 bits per heavy atom. The van der Waals surface area contributed by atoms with Crippen LogP contribution < -0.4 is 0 Å². The Hall–Kier alpha value is -1.36. The first kappa shape index (κ1) is 9.73. The fraction of sp³-hybridized carbons (Fsp3) is 0.286. The van der Waals surface area contributed by atoms with Crippen molar-refractivity contribution in [1.82, 2.24) is 9.78 Å². The highest BCUT2D eigenvalue weighted by molar-refractivity contribution is 6.67. The smallest absolute Gasteiger partial charge is 0.339 e. The Morgan fingerprint density at radius 1 is 1.69 bits per heavy atom. The highest BCUT2D eigenvalue weighted by atomic mass is 35.5. The molecule has 0 radical (unpaired) electrons. The number of carboxylic acids is 1. The van der Waals surface area contributed by atoms with Gasteiger partial charge in [-0.3, -0.25) is 9.48 Å². The summed E-state index contributed by atoms with van der Waals surface area (Å²) in [4.78, 5) is 21.4. The molecule has 13 heavy (non-hydrogen) atoms.